The van der Waals surface area contributed by atoms with Crippen molar-refractivity contribution in [1.29, 1.82) is 0 Å². The van der Waals surface area contributed by atoms with Crippen molar-refractivity contribution in [2.75, 3.05) is 25.5 Å². The molecule has 1 aromatic rings. The number of methoxy groups -OCH3 is 1. The van der Waals surface area contributed by atoms with E-state index >= 15 is 0 Å². The SMILES string of the molecule is COc1cc([N+](=O)[O-])ccc1NC(=O)[C@H](C)N1C[C@@H](C)C[C@H](C)C1. The zero-order chi connectivity index (χ0) is 17.9. The molecule has 24 heavy (non-hydrogen) atoms. The zero-order valence-electron chi connectivity index (χ0n) is 14.6. The Hall–Kier alpha value is -2.15. The maximum absolute atomic E-state index is 12.6. The van der Waals surface area contributed by atoms with Gasteiger partial charge < -0.3 is 10.1 Å². The van der Waals surface area contributed by atoms with Crippen molar-refractivity contribution in [3.05, 3.63) is 28.3 Å². The quantitative estimate of drug-likeness (QED) is 0.660. The molecule has 1 aromatic carbocycles. The molecule has 0 saturated carbocycles. The molecule has 132 valence electrons. The number of nitrogens with one attached hydrogen (secondary N) is 1. The topological polar surface area (TPSA) is 84.7 Å². The number of ether oxygens (including phenoxy) is 1. The highest BCUT2D eigenvalue weighted by Crippen LogP contribution is 2.29. The third kappa shape index (κ3) is 4.23. The van der Waals surface area contributed by atoms with Crippen LogP contribution in [-0.4, -0.2) is 42.0 Å². The average molecular weight is 335 g/mol. The molecular weight excluding hydrogens is 310 g/mol. The van der Waals surface area contributed by atoms with Gasteiger partial charge in [-0.3, -0.25) is 19.8 Å². The van der Waals surface area contributed by atoms with Gasteiger partial charge in [-0.15, -0.1) is 0 Å². The number of carbonyl (C=O) groups is 1. The number of nitro benzene ring substituents is 1. The van der Waals surface area contributed by atoms with Crippen LogP contribution < -0.4 is 10.1 Å². The first-order valence-corrected chi connectivity index (χ1v) is 8.19. The first-order valence-electron chi connectivity index (χ1n) is 8.19. The smallest absolute Gasteiger partial charge is 0.273 e. The third-order valence-corrected chi connectivity index (χ3v) is 4.48. The van der Waals surface area contributed by atoms with Crippen LogP contribution in [0.15, 0.2) is 18.2 Å². The molecule has 1 amide bonds. The maximum Gasteiger partial charge on any atom is 0.273 e. The summed E-state index contributed by atoms with van der Waals surface area (Å²) in [6.07, 6.45) is 1.18. The summed E-state index contributed by atoms with van der Waals surface area (Å²) >= 11 is 0. The average Bonchev–Trinajstić information content (AvgIpc) is 2.53. The standard InChI is InChI=1S/C17H25N3O4/c1-11-7-12(2)10-19(9-11)13(3)17(21)18-15-6-5-14(20(22)23)8-16(15)24-4/h5-6,8,11-13H,7,9-10H2,1-4H3,(H,18,21)/t11-,12-,13-/m0/s1. The van der Waals surface area contributed by atoms with Gasteiger partial charge in [0.1, 0.15) is 5.75 Å². The van der Waals surface area contributed by atoms with Gasteiger partial charge in [-0.25, -0.2) is 0 Å². The molecule has 3 atom stereocenters. The Kier molecular flexibility index (Phi) is 5.77. The summed E-state index contributed by atoms with van der Waals surface area (Å²) in [5.41, 5.74) is 0.370. The number of rotatable bonds is 5. The lowest BCUT2D eigenvalue weighted by atomic mass is 9.91. The van der Waals surface area contributed by atoms with Gasteiger partial charge in [-0.05, 0) is 31.2 Å². The number of hydrogen-bond donors (Lipinski definition) is 1. The second kappa shape index (κ2) is 7.61. The first kappa shape index (κ1) is 18.2. The Morgan fingerprint density at radius 2 is 2.00 bits per heavy atom. The minimum absolute atomic E-state index is 0.0726. The summed E-state index contributed by atoms with van der Waals surface area (Å²) in [7, 11) is 1.42. The zero-order valence-corrected chi connectivity index (χ0v) is 14.6. The lowest BCUT2D eigenvalue weighted by Gasteiger charge is -2.38. The molecule has 1 fully saturated rings. The monoisotopic (exact) mass is 335 g/mol. The number of piperidine rings is 1. The number of anilines is 1. The Bertz CT molecular complexity index is 610. The van der Waals surface area contributed by atoms with E-state index in [0.29, 0.717) is 17.5 Å². The molecule has 0 unspecified atom stereocenters. The van der Waals surface area contributed by atoms with Gasteiger partial charge in [0.05, 0.1) is 29.8 Å². The molecule has 0 aliphatic carbocycles. The second-order valence-electron chi connectivity index (χ2n) is 6.71. The number of likely N-dealkylation sites (tertiary alicyclic amines) is 1. The van der Waals surface area contributed by atoms with Gasteiger partial charge >= 0.3 is 0 Å². The fourth-order valence-corrected chi connectivity index (χ4v) is 3.33. The minimum atomic E-state index is -0.493. The van der Waals surface area contributed by atoms with E-state index in [1.165, 1.54) is 31.7 Å². The van der Waals surface area contributed by atoms with Crippen LogP contribution >= 0.6 is 0 Å². The number of non-ortho nitro benzene ring substituents is 1. The number of amides is 1. The normalized spacial score (nSPS) is 22.7. The molecule has 1 saturated heterocycles. The van der Waals surface area contributed by atoms with Crippen molar-refractivity contribution in [2.45, 2.75) is 33.2 Å². The number of hydrogen-bond acceptors (Lipinski definition) is 5. The summed E-state index contributed by atoms with van der Waals surface area (Å²) < 4.78 is 5.16. The highest BCUT2D eigenvalue weighted by Gasteiger charge is 2.29. The molecule has 1 heterocycles. The Balaban J connectivity index is 2.09. The van der Waals surface area contributed by atoms with Crippen molar-refractivity contribution < 1.29 is 14.5 Å². The first-order chi connectivity index (χ1) is 11.3. The summed E-state index contributed by atoms with van der Waals surface area (Å²) in [6.45, 7) is 8.09. The second-order valence-corrected chi connectivity index (χ2v) is 6.71. The Labute approximate surface area is 142 Å². The van der Waals surface area contributed by atoms with E-state index in [1.807, 2.05) is 6.92 Å². The van der Waals surface area contributed by atoms with Crippen LogP contribution in [-0.2, 0) is 4.79 Å². The van der Waals surface area contributed by atoms with Crippen molar-refractivity contribution in [3.63, 3.8) is 0 Å². The molecule has 1 aliphatic heterocycles. The van der Waals surface area contributed by atoms with E-state index in [4.69, 9.17) is 4.74 Å². The van der Waals surface area contributed by atoms with Gasteiger partial charge in [0.15, 0.2) is 0 Å². The van der Waals surface area contributed by atoms with E-state index in [0.717, 1.165) is 13.1 Å². The Morgan fingerprint density at radius 3 is 2.54 bits per heavy atom. The van der Waals surface area contributed by atoms with Gasteiger partial charge in [-0.1, -0.05) is 13.8 Å². The van der Waals surface area contributed by atoms with Crippen molar-refractivity contribution in [1.82, 2.24) is 4.90 Å². The van der Waals surface area contributed by atoms with Crippen LogP contribution in [0, 0.1) is 22.0 Å². The van der Waals surface area contributed by atoms with Gasteiger partial charge in [0.25, 0.3) is 5.69 Å². The van der Waals surface area contributed by atoms with Crippen molar-refractivity contribution in [3.8, 4) is 5.75 Å². The minimum Gasteiger partial charge on any atom is -0.494 e. The Morgan fingerprint density at radius 1 is 1.38 bits per heavy atom. The van der Waals surface area contributed by atoms with Crippen LogP contribution in [0.4, 0.5) is 11.4 Å². The van der Waals surface area contributed by atoms with Crippen molar-refractivity contribution in [2.24, 2.45) is 11.8 Å². The van der Waals surface area contributed by atoms with Crippen LogP contribution in [0.3, 0.4) is 0 Å². The third-order valence-electron chi connectivity index (χ3n) is 4.48. The molecule has 7 nitrogen and oxygen atoms in total. The van der Waals surface area contributed by atoms with Gasteiger partial charge in [0, 0.05) is 19.2 Å². The van der Waals surface area contributed by atoms with Crippen LogP contribution in [0.5, 0.6) is 5.75 Å². The van der Waals surface area contributed by atoms with Crippen LogP contribution in [0.25, 0.3) is 0 Å². The predicted molar refractivity (Wildman–Crippen MR) is 92.3 cm³/mol. The lowest BCUT2D eigenvalue weighted by molar-refractivity contribution is -0.384. The number of benzene rings is 1. The fraction of sp³-hybridized carbons (Fsp3) is 0.588. The van der Waals surface area contributed by atoms with E-state index in [2.05, 4.69) is 24.1 Å². The highest BCUT2D eigenvalue weighted by molar-refractivity contribution is 5.96. The van der Waals surface area contributed by atoms with E-state index in [1.54, 1.807) is 0 Å². The number of carbonyl (C=O) groups excluding carboxylic acids is 1. The van der Waals surface area contributed by atoms with Crippen LogP contribution in [0.1, 0.15) is 27.2 Å². The van der Waals surface area contributed by atoms with E-state index in [-0.39, 0.29) is 23.4 Å². The van der Waals surface area contributed by atoms with Crippen molar-refractivity contribution >= 4 is 17.3 Å². The molecule has 0 radical (unpaired) electrons. The molecule has 7 heteroatoms. The molecule has 2 rings (SSSR count). The molecule has 1 N–H and O–H groups in total. The molecular formula is C17H25N3O4. The summed E-state index contributed by atoms with van der Waals surface area (Å²) in [4.78, 5) is 25.1. The van der Waals surface area contributed by atoms with Gasteiger partial charge in [-0.2, -0.15) is 0 Å². The summed E-state index contributed by atoms with van der Waals surface area (Å²) in [5, 5.41) is 13.7. The fourth-order valence-electron chi connectivity index (χ4n) is 3.33. The molecule has 1 aliphatic rings. The highest BCUT2D eigenvalue weighted by atomic mass is 16.6. The molecule has 0 bridgehead atoms. The summed E-state index contributed by atoms with van der Waals surface area (Å²) in [5.74, 6) is 1.28. The predicted octanol–water partition coefficient (Wildman–Crippen LogP) is 2.91. The lowest BCUT2D eigenvalue weighted by Crippen LogP contribution is -2.48. The summed E-state index contributed by atoms with van der Waals surface area (Å²) in [6, 6.07) is 3.90. The number of nitro groups is 1. The van der Waals surface area contributed by atoms with Crippen LogP contribution in [0.2, 0.25) is 0 Å². The van der Waals surface area contributed by atoms with E-state index < -0.39 is 4.92 Å². The molecule has 0 spiro atoms. The largest absolute Gasteiger partial charge is 0.494 e. The van der Waals surface area contributed by atoms with E-state index in [9.17, 15) is 14.9 Å². The number of nitrogens with zero attached hydrogens (tertiary/aromatic N) is 2. The van der Waals surface area contributed by atoms with Gasteiger partial charge in [0.2, 0.25) is 5.91 Å². The molecule has 0 aromatic heterocycles. The maximum atomic E-state index is 12.6.